The van der Waals surface area contributed by atoms with E-state index in [9.17, 15) is 9.59 Å². The summed E-state index contributed by atoms with van der Waals surface area (Å²) in [4.78, 5) is 27.3. The molecule has 4 nitrogen and oxygen atoms in total. The largest absolute Gasteiger partial charge is 0.349 e. The van der Waals surface area contributed by atoms with Gasteiger partial charge in [0.05, 0.1) is 5.92 Å². The average Bonchev–Trinajstić information content (AvgIpc) is 2.63. The fourth-order valence-electron chi connectivity index (χ4n) is 3.79. The van der Waals surface area contributed by atoms with Gasteiger partial charge in [0.1, 0.15) is 0 Å². The highest BCUT2D eigenvalue weighted by atomic mass is 16.2. The van der Waals surface area contributed by atoms with E-state index in [0.29, 0.717) is 5.56 Å². The van der Waals surface area contributed by atoms with Gasteiger partial charge in [0.2, 0.25) is 5.91 Å². The maximum atomic E-state index is 12.9. The molecule has 2 amide bonds. The van der Waals surface area contributed by atoms with E-state index in [1.54, 1.807) is 0 Å². The first kappa shape index (κ1) is 16.0. The summed E-state index contributed by atoms with van der Waals surface area (Å²) >= 11 is 0. The van der Waals surface area contributed by atoms with Gasteiger partial charge in [-0.25, -0.2) is 0 Å². The molecular weight excluding hydrogens is 288 g/mol. The van der Waals surface area contributed by atoms with E-state index >= 15 is 0 Å². The minimum Gasteiger partial charge on any atom is -0.349 e. The molecule has 1 saturated carbocycles. The monoisotopic (exact) mass is 314 g/mol. The summed E-state index contributed by atoms with van der Waals surface area (Å²) in [5.74, 6) is 0.145. The maximum absolute atomic E-state index is 12.9. The number of carbonyl (C=O) groups excluding carboxylic acids is 2. The second kappa shape index (κ2) is 7.62. The zero-order chi connectivity index (χ0) is 16.1. The summed E-state index contributed by atoms with van der Waals surface area (Å²) < 4.78 is 0. The molecule has 3 rings (SSSR count). The molecule has 0 bridgehead atoms. The smallest absolute Gasteiger partial charge is 0.251 e. The van der Waals surface area contributed by atoms with E-state index in [-0.39, 0.29) is 23.8 Å². The Hall–Kier alpha value is -1.84. The fraction of sp³-hybridized carbons (Fsp3) is 0.579. The number of hydrogen-bond donors (Lipinski definition) is 1. The van der Waals surface area contributed by atoms with Gasteiger partial charge in [0.15, 0.2) is 0 Å². The number of hydrogen-bond acceptors (Lipinski definition) is 2. The van der Waals surface area contributed by atoms with Gasteiger partial charge in [-0.2, -0.15) is 0 Å². The summed E-state index contributed by atoms with van der Waals surface area (Å²) in [6.45, 7) is 1.77. The summed E-state index contributed by atoms with van der Waals surface area (Å²) in [5, 5.41) is 3.12. The van der Waals surface area contributed by atoms with Crippen molar-refractivity contribution < 1.29 is 9.59 Å². The van der Waals surface area contributed by atoms with E-state index in [4.69, 9.17) is 0 Å². The van der Waals surface area contributed by atoms with Crippen molar-refractivity contribution in [3.8, 4) is 0 Å². The van der Waals surface area contributed by atoms with Gasteiger partial charge in [-0.3, -0.25) is 9.59 Å². The van der Waals surface area contributed by atoms with E-state index in [2.05, 4.69) is 5.32 Å². The van der Waals surface area contributed by atoms with Crippen LogP contribution in [0.25, 0.3) is 0 Å². The Bertz CT molecular complexity index is 538. The SMILES string of the molecule is O=C(N[C@H]1CCCC[C@H]1C(=O)N1CCCCC1)c1ccccc1. The molecule has 1 N–H and O–H groups in total. The first-order chi connectivity index (χ1) is 11.3. The molecule has 0 unspecified atom stereocenters. The van der Waals surface area contributed by atoms with Crippen molar-refractivity contribution in [2.75, 3.05) is 13.1 Å². The Morgan fingerprint density at radius 2 is 1.61 bits per heavy atom. The Labute approximate surface area is 138 Å². The number of piperidine rings is 1. The molecular formula is C19H26N2O2. The lowest BCUT2D eigenvalue weighted by Gasteiger charge is -2.36. The van der Waals surface area contributed by atoms with Gasteiger partial charge in [0, 0.05) is 24.7 Å². The Morgan fingerprint density at radius 1 is 0.913 bits per heavy atom. The third kappa shape index (κ3) is 3.92. The minimum absolute atomic E-state index is 0.0223. The third-order valence-corrected chi connectivity index (χ3v) is 5.10. The minimum atomic E-state index is -0.0612. The van der Waals surface area contributed by atoms with Crippen LogP contribution in [0.1, 0.15) is 55.3 Å². The zero-order valence-corrected chi connectivity index (χ0v) is 13.7. The topological polar surface area (TPSA) is 49.4 Å². The van der Waals surface area contributed by atoms with Gasteiger partial charge in [0.25, 0.3) is 5.91 Å². The molecule has 1 heterocycles. The summed E-state index contributed by atoms with van der Waals surface area (Å²) in [6, 6.07) is 9.25. The highest BCUT2D eigenvalue weighted by molar-refractivity contribution is 5.94. The molecule has 2 aliphatic rings. The highest BCUT2D eigenvalue weighted by Gasteiger charge is 2.35. The molecule has 0 aromatic heterocycles. The van der Waals surface area contributed by atoms with Gasteiger partial charge >= 0.3 is 0 Å². The van der Waals surface area contributed by atoms with Gasteiger partial charge < -0.3 is 10.2 Å². The van der Waals surface area contributed by atoms with Crippen LogP contribution in [0.2, 0.25) is 0 Å². The number of nitrogens with zero attached hydrogens (tertiary/aromatic N) is 1. The number of amides is 2. The van der Waals surface area contributed by atoms with E-state index in [1.165, 1.54) is 6.42 Å². The van der Waals surface area contributed by atoms with Crippen LogP contribution >= 0.6 is 0 Å². The molecule has 2 atom stereocenters. The van der Waals surface area contributed by atoms with Crippen molar-refractivity contribution in [2.24, 2.45) is 5.92 Å². The molecule has 1 aromatic rings. The van der Waals surface area contributed by atoms with Crippen molar-refractivity contribution in [1.29, 1.82) is 0 Å². The van der Waals surface area contributed by atoms with Crippen molar-refractivity contribution in [1.82, 2.24) is 10.2 Å². The van der Waals surface area contributed by atoms with Crippen LogP contribution in [0, 0.1) is 5.92 Å². The van der Waals surface area contributed by atoms with E-state index in [1.807, 2.05) is 35.2 Å². The zero-order valence-electron chi connectivity index (χ0n) is 13.7. The third-order valence-electron chi connectivity index (χ3n) is 5.10. The van der Waals surface area contributed by atoms with E-state index in [0.717, 1.165) is 51.6 Å². The van der Waals surface area contributed by atoms with Crippen LogP contribution in [0.5, 0.6) is 0 Å². The molecule has 1 aromatic carbocycles. The number of rotatable bonds is 3. The van der Waals surface area contributed by atoms with Crippen LogP contribution in [0.3, 0.4) is 0 Å². The molecule has 0 spiro atoms. The lowest BCUT2D eigenvalue weighted by molar-refractivity contribution is -0.138. The maximum Gasteiger partial charge on any atom is 0.251 e. The number of benzene rings is 1. The summed E-state index contributed by atoms with van der Waals surface area (Å²) in [6.07, 6.45) is 7.42. The average molecular weight is 314 g/mol. The van der Waals surface area contributed by atoms with Crippen molar-refractivity contribution >= 4 is 11.8 Å². The first-order valence-corrected chi connectivity index (χ1v) is 8.90. The highest BCUT2D eigenvalue weighted by Crippen LogP contribution is 2.27. The predicted octanol–water partition coefficient (Wildman–Crippen LogP) is 2.99. The normalized spacial score (nSPS) is 25.0. The number of carbonyl (C=O) groups is 2. The van der Waals surface area contributed by atoms with Crippen LogP contribution in [0.15, 0.2) is 30.3 Å². The van der Waals surface area contributed by atoms with Gasteiger partial charge in [-0.1, -0.05) is 31.0 Å². The lowest BCUT2D eigenvalue weighted by Crippen LogP contribution is -2.50. The molecule has 124 valence electrons. The van der Waals surface area contributed by atoms with Crippen LogP contribution in [-0.2, 0) is 4.79 Å². The molecule has 0 radical (unpaired) electrons. The van der Waals surface area contributed by atoms with Gasteiger partial charge in [-0.05, 0) is 44.2 Å². The lowest BCUT2D eigenvalue weighted by atomic mass is 9.83. The van der Waals surface area contributed by atoms with Crippen LogP contribution in [0.4, 0.5) is 0 Å². The second-order valence-electron chi connectivity index (χ2n) is 6.72. The van der Waals surface area contributed by atoms with Crippen molar-refractivity contribution in [3.63, 3.8) is 0 Å². The molecule has 1 aliphatic heterocycles. The number of nitrogens with one attached hydrogen (secondary N) is 1. The van der Waals surface area contributed by atoms with Crippen molar-refractivity contribution in [3.05, 3.63) is 35.9 Å². The van der Waals surface area contributed by atoms with Crippen LogP contribution < -0.4 is 5.32 Å². The molecule has 1 saturated heterocycles. The fourth-order valence-corrected chi connectivity index (χ4v) is 3.79. The molecule has 1 aliphatic carbocycles. The predicted molar refractivity (Wildman–Crippen MR) is 90.1 cm³/mol. The Balaban J connectivity index is 1.66. The van der Waals surface area contributed by atoms with Crippen LogP contribution in [-0.4, -0.2) is 35.8 Å². The molecule has 23 heavy (non-hydrogen) atoms. The summed E-state index contributed by atoms with van der Waals surface area (Å²) in [7, 11) is 0. The second-order valence-corrected chi connectivity index (χ2v) is 6.72. The van der Waals surface area contributed by atoms with E-state index < -0.39 is 0 Å². The molecule has 4 heteroatoms. The summed E-state index contributed by atoms with van der Waals surface area (Å²) in [5.41, 5.74) is 0.669. The Kier molecular flexibility index (Phi) is 5.31. The number of likely N-dealkylation sites (tertiary alicyclic amines) is 1. The Morgan fingerprint density at radius 3 is 2.35 bits per heavy atom. The standard InChI is InChI=1S/C19H26N2O2/c22-18(15-9-3-1-4-10-15)20-17-12-6-5-11-16(17)19(23)21-13-7-2-8-14-21/h1,3-4,9-10,16-17H,2,5-8,11-14H2,(H,20,22)/t16-,17+/m1/s1. The van der Waals surface area contributed by atoms with Gasteiger partial charge in [-0.15, -0.1) is 0 Å². The quantitative estimate of drug-likeness (QED) is 0.932. The first-order valence-electron chi connectivity index (χ1n) is 8.90. The molecule has 2 fully saturated rings. The van der Waals surface area contributed by atoms with Crippen molar-refractivity contribution in [2.45, 2.75) is 51.0 Å².